The summed E-state index contributed by atoms with van der Waals surface area (Å²) in [5, 5.41) is 4.11. The molecule has 2 aliphatic rings. The van der Waals surface area contributed by atoms with Crippen molar-refractivity contribution in [3.8, 4) is 5.69 Å². The smallest absolute Gasteiger partial charge is 0.233 e. The molecule has 1 saturated heterocycles. The van der Waals surface area contributed by atoms with Crippen LogP contribution in [0.25, 0.3) is 5.69 Å². The Balaban J connectivity index is 1.35. The van der Waals surface area contributed by atoms with Gasteiger partial charge in [0.2, 0.25) is 17.7 Å². The molecule has 0 N–H and O–H groups in total. The Bertz CT molecular complexity index is 901. The molecule has 1 aliphatic heterocycles. The Hall–Kier alpha value is -3.03. The van der Waals surface area contributed by atoms with Crippen LogP contribution in [0.2, 0.25) is 0 Å². The van der Waals surface area contributed by atoms with Crippen LogP contribution in [0.4, 0.5) is 0 Å². The van der Waals surface area contributed by atoms with E-state index in [1.807, 2.05) is 31.2 Å². The Morgan fingerprint density at radius 3 is 2.33 bits per heavy atom. The summed E-state index contributed by atoms with van der Waals surface area (Å²) in [5.74, 6) is -0.588. The number of benzene rings is 1. The van der Waals surface area contributed by atoms with Crippen molar-refractivity contribution in [3.63, 3.8) is 0 Å². The molecule has 8 nitrogen and oxygen atoms in total. The molecule has 2 fully saturated rings. The summed E-state index contributed by atoms with van der Waals surface area (Å²) in [4.78, 5) is 44.9. The molecule has 8 heteroatoms. The molecule has 158 valence electrons. The zero-order chi connectivity index (χ0) is 21.3. The molecule has 1 aromatic carbocycles. The van der Waals surface area contributed by atoms with Gasteiger partial charge in [0.15, 0.2) is 0 Å². The minimum atomic E-state index is -0.165. The summed E-state index contributed by atoms with van der Waals surface area (Å²) in [5.41, 5.74) is 1.89. The van der Waals surface area contributed by atoms with E-state index in [2.05, 4.69) is 10.1 Å². The minimum Gasteiger partial charge on any atom is -0.339 e. The third kappa shape index (κ3) is 3.74. The topological polar surface area (TPSA) is 88.4 Å². The first-order valence-corrected chi connectivity index (χ1v) is 10.5. The lowest BCUT2D eigenvalue weighted by molar-refractivity contribution is -0.141. The van der Waals surface area contributed by atoms with Gasteiger partial charge in [-0.3, -0.25) is 19.3 Å². The molecule has 4 rings (SSSR count). The fraction of sp³-hybridized carbons (Fsp3) is 0.500. The fourth-order valence-corrected chi connectivity index (χ4v) is 4.52. The van der Waals surface area contributed by atoms with Crippen LogP contribution in [-0.2, 0) is 14.4 Å². The lowest BCUT2D eigenvalue weighted by Gasteiger charge is -2.26. The van der Waals surface area contributed by atoms with Crippen molar-refractivity contribution in [2.45, 2.75) is 45.1 Å². The maximum absolute atomic E-state index is 12.8. The summed E-state index contributed by atoms with van der Waals surface area (Å²) in [6.07, 6.45) is 6.85. The molecule has 0 radical (unpaired) electrons. The third-order valence-corrected chi connectivity index (χ3v) is 6.51. The Morgan fingerprint density at radius 1 is 1.13 bits per heavy atom. The molecule has 1 aromatic heterocycles. The number of amides is 3. The van der Waals surface area contributed by atoms with Crippen LogP contribution in [0, 0.1) is 11.8 Å². The van der Waals surface area contributed by atoms with E-state index in [4.69, 9.17) is 0 Å². The lowest BCUT2D eigenvalue weighted by atomic mass is 9.81. The number of hydrogen-bond acceptors (Lipinski definition) is 5. The van der Waals surface area contributed by atoms with Gasteiger partial charge in [0.05, 0.1) is 23.6 Å². The fourth-order valence-electron chi connectivity index (χ4n) is 4.52. The molecule has 0 spiro atoms. The predicted molar refractivity (Wildman–Crippen MR) is 109 cm³/mol. The van der Waals surface area contributed by atoms with Gasteiger partial charge in [0.1, 0.15) is 12.7 Å². The number of likely N-dealkylation sites (tertiary alicyclic amines) is 1. The van der Waals surface area contributed by atoms with Crippen molar-refractivity contribution < 1.29 is 14.4 Å². The largest absolute Gasteiger partial charge is 0.339 e. The summed E-state index contributed by atoms with van der Waals surface area (Å²) in [7, 11) is 1.76. The van der Waals surface area contributed by atoms with Crippen LogP contribution in [-0.4, -0.2) is 55.9 Å². The summed E-state index contributed by atoms with van der Waals surface area (Å²) in [6, 6.07) is 7.66. The standard InChI is InChI=1S/C22H27N5O3/c1-15(16-7-9-17(10-8-16)27-14-23-13-24-27)25(2)20(28)11-12-26-21(29)18-5-3-4-6-19(18)22(26)30/h7-10,13-15,18-19H,3-6,11-12H2,1-2H3/t15-,18-,19+/m1/s1. The van der Waals surface area contributed by atoms with Crippen molar-refractivity contribution in [1.29, 1.82) is 0 Å². The molecule has 0 unspecified atom stereocenters. The minimum absolute atomic E-state index is 0.0849. The van der Waals surface area contributed by atoms with Crippen molar-refractivity contribution in [3.05, 3.63) is 42.5 Å². The molecule has 2 aromatic rings. The van der Waals surface area contributed by atoms with Gasteiger partial charge in [0, 0.05) is 20.0 Å². The second-order valence-electron chi connectivity index (χ2n) is 8.19. The second kappa shape index (κ2) is 8.38. The first-order chi connectivity index (χ1) is 14.5. The highest BCUT2D eigenvalue weighted by atomic mass is 16.2. The van der Waals surface area contributed by atoms with E-state index in [-0.39, 0.29) is 48.6 Å². The molecule has 2 heterocycles. The maximum atomic E-state index is 12.8. The highest BCUT2D eigenvalue weighted by Gasteiger charge is 2.47. The van der Waals surface area contributed by atoms with Gasteiger partial charge in [-0.1, -0.05) is 25.0 Å². The van der Waals surface area contributed by atoms with Crippen LogP contribution >= 0.6 is 0 Å². The zero-order valence-electron chi connectivity index (χ0n) is 17.4. The molecular weight excluding hydrogens is 382 g/mol. The quantitative estimate of drug-likeness (QED) is 0.684. The highest BCUT2D eigenvalue weighted by molar-refractivity contribution is 6.05. The number of fused-ring (bicyclic) bond motifs is 1. The van der Waals surface area contributed by atoms with Crippen LogP contribution in [0.1, 0.15) is 50.6 Å². The third-order valence-electron chi connectivity index (χ3n) is 6.51. The van der Waals surface area contributed by atoms with Crippen LogP contribution in [0.5, 0.6) is 0 Å². The Labute approximate surface area is 175 Å². The Kier molecular flexibility index (Phi) is 5.65. The molecule has 30 heavy (non-hydrogen) atoms. The number of aromatic nitrogens is 3. The van der Waals surface area contributed by atoms with Gasteiger partial charge in [-0.05, 0) is 37.5 Å². The predicted octanol–water partition coefficient (Wildman–Crippen LogP) is 2.35. The van der Waals surface area contributed by atoms with Gasteiger partial charge in [0.25, 0.3) is 0 Å². The summed E-state index contributed by atoms with van der Waals surface area (Å²) in [6.45, 7) is 2.13. The number of nitrogens with zero attached hydrogens (tertiary/aromatic N) is 5. The lowest BCUT2D eigenvalue weighted by Crippen LogP contribution is -2.36. The number of carbonyl (C=O) groups excluding carboxylic acids is 3. The van der Waals surface area contributed by atoms with Gasteiger partial charge in [-0.25, -0.2) is 9.67 Å². The molecule has 1 aliphatic carbocycles. The van der Waals surface area contributed by atoms with E-state index in [1.165, 1.54) is 11.2 Å². The monoisotopic (exact) mass is 409 g/mol. The molecule has 3 atom stereocenters. The van der Waals surface area contributed by atoms with E-state index >= 15 is 0 Å². The van der Waals surface area contributed by atoms with E-state index in [0.717, 1.165) is 36.9 Å². The van der Waals surface area contributed by atoms with Gasteiger partial charge < -0.3 is 4.90 Å². The van der Waals surface area contributed by atoms with E-state index < -0.39 is 0 Å². The molecule has 1 saturated carbocycles. The SMILES string of the molecule is C[C@H](c1ccc(-n2cncn2)cc1)N(C)C(=O)CCN1C(=O)[C@H]2CCCC[C@H]2C1=O. The molecule has 0 bridgehead atoms. The van der Waals surface area contributed by atoms with Crippen molar-refractivity contribution in [1.82, 2.24) is 24.6 Å². The number of imide groups is 1. The second-order valence-corrected chi connectivity index (χ2v) is 8.19. The first-order valence-electron chi connectivity index (χ1n) is 10.5. The zero-order valence-corrected chi connectivity index (χ0v) is 17.4. The van der Waals surface area contributed by atoms with Crippen molar-refractivity contribution >= 4 is 17.7 Å². The maximum Gasteiger partial charge on any atom is 0.233 e. The van der Waals surface area contributed by atoms with Crippen LogP contribution in [0.15, 0.2) is 36.9 Å². The molecule has 3 amide bonds. The average molecular weight is 409 g/mol. The van der Waals surface area contributed by atoms with E-state index in [0.29, 0.717) is 0 Å². The summed E-state index contributed by atoms with van der Waals surface area (Å²) < 4.78 is 1.67. The summed E-state index contributed by atoms with van der Waals surface area (Å²) >= 11 is 0. The van der Waals surface area contributed by atoms with Gasteiger partial charge >= 0.3 is 0 Å². The van der Waals surface area contributed by atoms with Crippen LogP contribution in [0.3, 0.4) is 0 Å². The first kappa shape index (κ1) is 20.3. The number of hydrogen-bond donors (Lipinski definition) is 0. The molecular formula is C22H27N5O3. The van der Waals surface area contributed by atoms with Gasteiger partial charge in [-0.2, -0.15) is 5.10 Å². The van der Waals surface area contributed by atoms with Crippen molar-refractivity contribution in [2.75, 3.05) is 13.6 Å². The van der Waals surface area contributed by atoms with Crippen LogP contribution < -0.4 is 0 Å². The average Bonchev–Trinajstić information content (AvgIpc) is 3.40. The van der Waals surface area contributed by atoms with Gasteiger partial charge in [-0.15, -0.1) is 0 Å². The number of carbonyl (C=O) groups is 3. The highest BCUT2D eigenvalue weighted by Crippen LogP contribution is 2.38. The Morgan fingerprint density at radius 2 is 1.77 bits per heavy atom. The number of rotatable bonds is 6. The van der Waals surface area contributed by atoms with Crippen molar-refractivity contribution in [2.24, 2.45) is 11.8 Å². The van der Waals surface area contributed by atoms with E-state index in [1.54, 1.807) is 23.0 Å². The van der Waals surface area contributed by atoms with E-state index in [9.17, 15) is 14.4 Å². The normalized spacial score (nSPS) is 22.1.